The Kier molecular flexibility index (Phi) is 12.3. The van der Waals surface area contributed by atoms with Gasteiger partial charge in [-0.25, -0.2) is 9.98 Å². The van der Waals surface area contributed by atoms with Gasteiger partial charge in [0.15, 0.2) is 6.29 Å². The molecule has 0 aromatic carbocycles. The predicted molar refractivity (Wildman–Crippen MR) is 112 cm³/mol. The average molecular weight is 365 g/mol. The van der Waals surface area contributed by atoms with Crippen molar-refractivity contribution in [1.29, 1.82) is 0 Å². The lowest BCUT2D eigenvalue weighted by molar-refractivity contribution is 0.112. The van der Waals surface area contributed by atoms with Gasteiger partial charge in [0, 0.05) is 25.5 Å². The Hall–Kier alpha value is -1.95. The van der Waals surface area contributed by atoms with E-state index in [1.807, 2.05) is 25.8 Å². The molecule has 2 heterocycles. The summed E-state index contributed by atoms with van der Waals surface area (Å²) in [6.45, 7) is 11.4. The Morgan fingerprint density at radius 2 is 1.88 bits per heavy atom. The van der Waals surface area contributed by atoms with Crippen molar-refractivity contribution in [3.8, 4) is 0 Å². The van der Waals surface area contributed by atoms with Crippen LogP contribution in [-0.4, -0.2) is 36.1 Å². The molecule has 6 heteroatoms. The van der Waals surface area contributed by atoms with Gasteiger partial charge in [0.05, 0.1) is 22.3 Å². The molecule has 0 aliphatic heterocycles. The Bertz CT molecular complexity index is 650. The number of rotatable bonds is 6. The average Bonchev–Trinajstić information content (AvgIpc) is 3.01. The smallest absolute Gasteiger partial charge is 0.162 e. The van der Waals surface area contributed by atoms with E-state index in [1.165, 1.54) is 24.2 Å². The summed E-state index contributed by atoms with van der Waals surface area (Å²) in [5.41, 5.74) is 7.16. The number of nitrogens with two attached hydrogens (primary N) is 1. The van der Waals surface area contributed by atoms with Crippen molar-refractivity contribution in [2.24, 2.45) is 4.99 Å². The van der Waals surface area contributed by atoms with E-state index < -0.39 is 0 Å². The number of nitrogen functional groups attached to an aromatic ring is 1. The van der Waals surface area contributed by atoms with Crippen molar-refractivity contribution in [2.75, 3.05) is 19.3 Å². The van der Waals surface area contributed by atoms with Gasteiger partial charge in [-0.05, 0) is 12.5 Å². The molecule has 0 aliphatic rings. The molecule has 2 aromatic heterocycles. The lowest BCUT2D eigenvalue weighted by Crippen LogP contribution is -2.16. The van der Waals surface area contributed by atoms with Crippen LogP contribution in [-0.2, 0) is 0 Å². The highest BCUT2D eigenvalue weighted by Gasteiger charge is 2.14. The van der Waals surface area contributed by atoms with E-state index in [4.69, 9.17) is 5.73 Å². The standard InChI is InChI=1S/C13H16N4OS.C4H10.C2H6/c1-3-6-17(2)8-16-12-10(7-18)19-13-11(12)9(14)4-5-15-13;1-3-4-2;1-2/h4-5,7-8H,3,6H2,1-2H3,(H2,14,15);3-4H2,1-2H3;1-2H3. The second-order valence-corrected chi connectivity index (χ2v) is 6.27. The van der Waals surface area contributed by atoms with E-state index in [1.54, 1.807) is 18.6 Å². The lowest BCUT2D eigenvalue weighted by Gasteiger charge is -2.10. The molecule has 5 nitrogen and oxygen atoms in total. The summed E-state index contributed by atoms with van der Waals surface area (Å²) >= 11 is 1.31. The van der Waals surface area contributed by atoms with Crippen LogP contribution in [0.15, 0.2) is 17.3 Å². The molecule has 0 fully saturated rings. The fourth-order valence-electron chi connectivity index (χ4n) is 1.82. The number of nitrogens with zero attached hydrogens (tertiary/aromatic N) is 3. The number of hydrogen-bond acceptors (Lipinski definition) is 5. The van der Waals surface area contributed by atoms with Gasteiger partial charge in [-0.1, -0.05) is 47.5 Å². The molecule has 0 amide bonds. The monoisotopic (exact) mass is 364 g/mol. The third kappa shape index (κ3) is 7.22. The van der Waals surface area contributed by atoms with Gasteiger partial charge in [0.2, 0.25) is 0 Å². The Labute approximate surface area is 156 Å². The highest BCUT2D eigenvalue weighted by molar-refractivity contribution is 7.21. The zero-order valence-corrected chi connectivity index (χ0v) is 17.2. The summed E-state index contributed by atoms with van der Waals surface area (Å²) < 4.78 is 0. The molecule has 0 spiro atoms. The third-order valence-corrected chi connectivity index (χ3v) is 4.20. The first-order valence-corrected chi connectivity index (χ1v) is 9.77. The van der Waals surface area contributed by atoms with Gasteiger partial charge < -0.3 is 10.6 Å². The lowest BCUT2D eigenvalue weighted by atomic mass is 10.2. The minimum Gasteiger partial charge on any atom is -0.398 e. The van der Waals surface area contributed by atoms with Crippen LogP contribution in [0.1, 0.15) is 63.6 Å². The molecule has 2 N–H and O–H groups in total. The molecule has 0 saturated carbocycles. The maximum absolute atomic E-state index is 11.1. The van der Waals surface area contributed by atoms with Crippen LogP contribution in [0.2, 0.25) is 0 Å². The largest absolute Gasteiger partial charge is 0.398 e. The molecule has 0 atom stereocenters. The van der Waals surface area contributed by atoms with Gasteiger partial charge in [-0.15, -0.1) is 11.3 Å². The fraction of sp³-hybridized carbons (Fsp3) is 0.526. The number of carbonyl (C=O) groups excluding carboxylic acids is 1. The molecule has 2 rings (SSSR count). The number of hydrogen-bond donors (Lipinski definition) is 1. The first-order valence-electron chi connectivity index (χ1n) is 8.95. The molecule has 140 valence electrons. The summed E-state index contributed by atoms with van der Waals surface area (Å²) in [5.74, 6) is 0. The minimum absolute atomic E-state index is 0.557. The number of carbonyl (C=O) groups is 1. The zero-order valence-electron chi connectivity index (χ0n) is 16.4. The maximum Gasteiger partial charge on any atom is 0.162 e. The quantitative estimate of drug-likeness (QED) is 0.416. The van der Waals surface area contributed by atoms with Crippen LogP contribution >= 0.6 is 11.3 Å². The van der Waals surface area contributed by atoms with E-state index in [9.17, 15) is 4.79 Å². The fourth-order valence-corrected chi connectivity index (χ4v) is 2.76. The van der Waals surface area contributed by atoms with Gasteiger partial charge >= 0.3 is 0 Å². The van der Waals surface area contributed by atoms with Gasteiger partial charge in [-0.2, -0.15) is 0 Å². The molecule has 0 saturated heterocycles. The van der Waals surface area contributed by atoms with Crippen LogP contribution in [0.5, 0.6) is 0 Å². The predicted octanol–water partition coefficient (Wildman–Crippen LogP) is 5.53. The molecule has 0 radical (unpaired) electrons. The van der Waals surface area contributed by atoms with Crippen molar-refractivity contribution in [3.63, 3.8) is 0 Å². The van der Waals surface area contributed by atoms with Crippen LogP contribution in [0.3, 0.4) is 0 Å². The first kappa shape index (κ1) is 23.1. The van der Waals surface area contributed by atoms with Crippen molar-refractivity contribution < 1.29 is 4.79 Å². The zero-order chi connectivity index (χ0) is 19.2. The first-order chi connectivity index (χ1) is 12.1. The topological polar surface area (TPSA) is 71.6 Å². The molecular formula is C19H32N4OS. The number of thiophene rings is 1. The van der Waals surface area contributed by atoms with Gasteiger partial charge in [0.1, 0.15) is 4.83 Å². The van der Waals surface area contributed by atoms with Crippen LogP contribution in [0.4, 0.5) is 11.4 Å². The van der Waals surface area contributed by atoms with Crippen LogP contribution in [0, 0.1) is 0 Å². The van der Waals surface area contributed by atoms with Crippen molar-refractivity contribution in [1.82, 2.24) is 9.88 Å². The van der Waals surface area contributed by atoms with Crippen molar-refractivity contribution in [3.05, 3.63) is 17.1 Å². The summed E-state index contributed by atoms with van der Waals surface area (Å²) in [7, 11) is 1.95. The molecule has 0 aliphatic carbocycles. The molecule has 0 bridgehead atoms. The highest BCUT2D eigenvalue weighted by Crippen LogP contribution is 2.38. The van der Waals surface area contributed by atoms with E-state index in [2.05, 4.69) is 30.7 Å². The number of pyridine rings is 1. The Morgan fingerprint density at radius 1 is 1.24 bits per heavy atom. The van der Waals surface area contributed by atoms with Crippen LogP contribution < -0.4 is 5.73 Å². The number of aldehydes is 1. The van der Waals surface area contributed by atoms with E-state index in [0.29, 0.717) is 16.3 Å². The maximum atomic E-state index is 11.1. The number of unbranched alkanes of at least 4 members (excludes halogenated alkanes) is 1. The highest BCUT2D eigenvalue weighted by atomic mass is 32.1. The third-order valence-electron chi connectivity index (χ3n) is 3.19. The normalized spacial score (nSPS) is 10.0. The Morgan fingerprint density at radius 3 is 2.40 bits per heavy atom. The van der Waals surface area contributed by atoms with Crippen molar-refractivity contribution in [2.45, 2.75) is 53.9 Å². The minimum atomic E-state index is 0.557. The van der Waals surface area contributed by atoms with Crippen LogP contribution in [0.25, 0.3) is 10.2 Å². The van der Waals surface area contributed by atoms with E-state index in [0.717, 1.165) is 29.5 Å². The van der Waals surface area contributed by atoms with Gasteiger partial charge in [0.25, 0.3) is 0 Å². The second kappa shape index (κ2) is 13.4. The molecule has 25 heavy (non-hydrogen) atoms. The second-order valence-electron chi connectivity index (χ2n) is 5.24. The SMILES string of the molecule is CC.CCCC.CCCN(C)C=Nc1c(C=O)sc2nccc(N)c12. The summed E-state index contributed by atoms with van der Waals surface area (Å²) in [5, 5.41) is 0.760. The van der Waals surface area contributed by atoms with E-state index in [-0.39, 0.29) is 0 Å². The summed E-state index contributed by atoms with van der Waals surface area (Å²) in [4.78, 5) is 23.0. The number of aromatic nitrogens is 1. The molecule has 0 unspecified atom stereocenters. The van der Waals surface area contributed by atoms with E-state index >= 15 is 0 Å². The number of fused-ring (bicyclic) bond motifs is 1. The molecule has 2 aromatic rings. The number of anilines is 1. The Balaban J connectivity index is 0.000000845. The number of aliphatic imine (C=N–C) groups is 1. The molecular weight excluding hydrogens is 332 g/mol. The summed E-state index contributed by atoms with van der Waals surface area (Å²) in [6, 6.07) is 1.72. The summed E-state index contributed by atoms with van der Waals surface area (Å²) in [6.07, 6.45) is 7.85. The van der Waals surface area contributed by atoms with Gasteiger partial charge in [-0.3, -0.25) is 4.79 Å². The van der Waals surface area contributed by atoms with Crippen molar-refractivity contribution >= 4 is 45.6 Å².